The Hall–Kier alpha value is -1.49. The first-order chi connectivity index (χ1) is 6.99. The number of rotatable bonds is 3. The Kier molecular flexibility index (Phi) is 3.36. The van der Waals surface area contributed by atoms with Crippen molar-refractivity contribution in [2.24, 2.45) is 5.73 Å². The Labute approximate surface area is 85.5 Å². The average Bonchev–Trinajstić information content (AvgIpc) is 2.20. The van der Waals surface area contributed by atoms with Crippen molar-refractivity contribution in [3.8, 4) is 0 Å². The molecule has 0 radical (unpaired) electrons. The lowest BCUT2D eigenvalue weighted by Gasteiger charge is -2.11. The lowest BCUT2D eigenvalue weighted by Crippen LogP contribution is -2.13. The lowest BCUT2D eigenvalue weighted by molar-refractivity contribution is 0.0690. The quantitative estimate of drug-likeness (QED) is 0.807. The zero-order chi connectivity index (χ0) is 11.6. The summed E-state index contributed by atoms with van der Waals surface area (Å²) in [5.41, 5.74) is 4.75. The maximum absolute atomic E-state index is 13.4. The number of benzene rings is 1. The van der Waals surface area contributed by atoms with Crippen LogP contribution >= 0.6 is 0 Å². The highest BCUT2D eigenvalue weighted by molar-refractivity contribution is 5.88. The maximum atomic E-state index is 13.4. The predicted molar refractivity (Wildman–Crippen MR) is 50.8 cm³/mol. The minimum absolute atomic E-state index is 0.0972. The molecule has 0 spiro atoms. The van der Waals surface area contributed by atoms with Gasteiger partial charge in [-0.25, -0.2) is 13.6 Å². The number of carboxylic acid groups (broad SMARTS) is 1. The molecule has 1 aromatic carbocycles. The molecule has 0 saturated carbocycles. The molecule has 0 heterocycles. The second-order valence-corrected chi connectivity index (χ2v) is 3.27. The van der Waals surface area contributed by atoms with Gasteiger partial charge in [-0.2, -0.15) is 0 Å². The second-order valence-electron chi connectivity index (χ2n) is 3.27. The van der Waals surface area contributed by atoms with Gasteiger partial charge < -0.3 is 10.8 Å². The molecule has 3 nitrogen and oxygen atoms in total. The van der Waals surface area contributed by atoms with Crippen LogP contribution in [0.1, 0.15) is 28.8 Å². The van der Waals surface area contributed by atoms with Gasteiger partial charge in [0.05, 0.1) is 5.56 Å². The minimum Gasteiger partial charge on any atom is -0.478 e. The van der Waals surface area contributed by atoms with Crippen LogP contribution in [0.25, 0.3) is 0 Å². The van der Waals surface area contributed by atoms with Crippen molar-refractivity contribution >= 4 is 5.97 Å². The summed E-state index contributed by atoms with van der Waals surface area (Å²) in [5.74, 6) is -4.30. The molecular formula is C10H11F2NO2. The van der Waals surface area contributed by atoms with Gasteiger partial charge in [0.15, 0.2) is 11.6 Å². The molecule has 1 atom stereocenters. The third kappa shape index (κ3) is 2.12. The van der Waals surface area contributed by atoms with E-state index in [1.165, 1.54) is 6.07 Å². The molecule has 15 heavy (non-hydrogen) atoms. The van der Waals surface area contributed by atoms with E-state index < -0.39 is 23.2 Å². The fourth-order valence-corrected chi connectivity index (χ4v) is 1.24. The fraction of sp³-hybridized carbons (Fsp3) is 0.300. The highest BCUT2D eigenvalue weighted by Crippen LogP contribution is 2.22. The summed E-state index contributed by atoms with van der Waals surface area (Å²) in [5, 5.41) is 8.55. The van der Waals surface area contributed by atoms with E-state index in [4.69, 9.17) is 10.8 Å². The zero-order valence-corrected chi connectivity index (χ0v) is 8.13. The minimum atomic E-state index is -1.49. The Bertz CT molecular complexity index is 393. The van der Waals surface area contributed by atoms with Gasteiger partial charge in [0, 0.05) is 0 Å². The van der Waals surface area contributed by atoms with Gasteiger partial charge in [-0.3, -0.25) is 0 Å². The molecule has 0 bridgehead atoms. The van der Waals surface area contributed by atoms with Gasteiger partial charge in [-0.1, -0.05) is 13.0 Å². The number of hydrogen-bond donors (Lipinski definition) is 2. The summed E-state index contributed by atoms with van der Waals surface area (Å²) in [4.78, 5) is 10.5. The molecule has 1 rings (SSSR count). The van der Waals surface area contributed by atoms with Gasteiger partial charge in [0.25, 0.3) is 0 Å². The van der Waals surface area contributed by atoms with Crippen LogP contribution in [-0.4, -0.2) is 17.6 Å². The van der Waals surface area contributed by atoms with Crippen molar-refractivity contribution in [1.29, 1.82) is 0 Å². The molecule has 5 heteroatoms. The second kappa shape index (κ2) is 4.35. The van der Waals surface area contributed by atoms with Gasteiger partial charge in [-0.05, 0) is 24.1 Å². The molecule has 1 aromatic rings. The summed E-state index contributed by atoms with van der Waals surface area (Å²) in [6.45, 7) is 1.81. The molecule has 1 unspecified atom stereocenters. The molecule has 3 N–H and O–H groups in total. The standard InChI is InChI=1S/C10H11F2NO2/c1-5(4-13)6-2-3-7(10(14)15)9(12)8(6)11/h2-3,5H,4,13H2,1H3,(H,14,15). The molecule has 0 aliphatic heterocycles. The van der Waals surface area contributed by atoms with Crippen molar-refractivity contribution < 1.29 is 18.7 Å². The van der Waals surface area contributed by atoms with Gasteiger partial charge in [0.2, 0.25) is 0 Å². The Morgan fingerprint density at radius 3 is 2.53 bits per heavy atom. The van der Waals surface area contributed by atoms with Crippen LogP contribution in [0.3, 0.4) is 0 Å². The van der Waals surface area contributed by atoms with Crippen molar-refractivity contribution in [2.75, 3.05) is 6.54 Å². The number of halogens is 2. The molecule has 0 aliphatic carbocycles. The molecule has 0 fully saturated rings. The van der Waals surface area contributed by atoms with E-state index in [1.807, 2.05) is 0 Å². The van der Waals surface area contributed by atoms with E-state index in [-0.39, 0.29) is 18.0 Å². The summed E-state index contributed by atoms with van der Waals surface area (Å²) in [6.07, 6.45) is 0. The van der Waals surface area contributed by atoms with Crippen molar-refractivity contribution in [1.82, 2.24) is 0 Å². The fourth-order valence-electron chi connectivity index (χ4n) is 1.24. The van der Waals surface area contributed by atoms with Crippen LogP contribution in [-0.2, 0) is 0 Å². The normalized spacial score (nSPS) is 12.5. The van der Waals surface area contributed by atoms with Crippen LogP contribution < -0.4 is 5.73 Å². The van der Waals surface area contributed by atoms with E-state index in [2.05, 4.69) is 0 Å². The largest absolute Gasteiger partial charge is 0.478 e. The molecule has 0 amide bonds. The first kappa shape index (κ1) is 11.6. The van der Waals surface area contributed by atoms with Crippen LogP contribution in [0.15, 0.2) is 12.1 Å². The molecular weight excluding hydrogens is 204 g/mol. The molecule has 0 aromatic heterocycles. The summed E-state index contributed by atoms with van der Waals surface area (Å²) in [7, 11) is 0. The molecule has 82 valence electrons. The van der Waals surface area contributed by atoms with Crippen LogP contribution in [0.2, 0.25) is 0 Å². The predicted octanol–water partition coefficient (Wildman–Crippen LogP) is 1.73. The number of aromatic carboxylic acids is 1. The van der Waals surface area contributed by atoms with Crippen molar-refractivity contribution in [3.63, 3.8) is 0 Å². The molecule has 0 aliphatic rings. The van der Waals surface area contributed by atoms with Crippen molar-refractivity contribution in [3.05, 3.63) is 34.9 Å². The highest BCUT2D eigenvalue weighted by atomic mass is 19.2. The van der Waals surface area contributed by atoms with Crippen molar-refractivity contribution in [2.45, 2.75) is 12.8 Å². The van der Waals surface area contributed by atoms with Gasteiger partial charge >= 0.3 is 5.97 Å². The van der Waals surface area contributed by atoms with E-state index in [0.29, 0.717) is 0 Å². The number of nitrogens with two attached hydrogens (primary N) is 1. The summed E-state index contributed by atoms with van der Waals surface area (Å²) < 4.78 is 26.6. The van der Waals surface area contributed by atoms with E-state index in [0.717, 1.165) is 6.07 Å². The summed E-state index contributed by atoms with van der Waals surface area (Å²) in [6, 6.07) is 2.29. The first-order valence-corrected chi connectivity index (χ1v) is 4.40. The zero-order valence-electron chi connectivity index (χ0n) is 8.13. The number of carboxylic acids is 1. The van der Waals surface area contributed by atoms with Crippen LogP contribution in [0.5, 0.6) is 0 Å². The topological polar surface area (TPSA) is 63.3 Å². The SMILES string of the molecule is CC(CN)c1ccc(C(=O)O)c(F)c1F. The first-order valence-electron chi connectivity index (χ1n) is 4.40. The Morgan fingerprint density at radius 2 is 2.07 bits per heavy atom. The highest BCUT2D eigenvalue weighted by Gasteiger charge is 2.19. The van der Waals surface area contributed by atoms with Gasteiger partial charge in [0.1, 0.15) is 0 Å². The van der Waals surface area contributed by atoms with E-state index in [9.17, 15) is 13.6 Å². The number of hydrogen-bond acceptors (Lipinski definition) is 2. The monoisotopic (exact) mass is 215 g/mol. The van der Waals surface area contributed by atoms with Gasteiger partial charge in [-0.15, -0.1) is 0 Å². The van der Waals surface area contributed by atoms with Crippen LogP contribution in [0.4, 0.5) is 8.78 Å². The maximum Gasteiger partial charge on any atom is 0.338 e. The third-order valence-electron chi connectivity index (χ3n) is 2.23. The Morgan fingerprint density at radius 1 is 1.47 bits per heavy atom. The number of carbonyl (C=O) groups is 1. The van der Waals surface area contributed by atoms with E-state index >= 15 is 0 Å². The molecule has 0 saturated heterocycles. The lowest BCUT2D eigenvalue weighted by atomic mass is 9.99. The Balaban J connectivity index is 3.27. The smallest absolute Gasteiger partial charge is 0.338 e. The van der Waals surface area contributed by atoms with Crippen LogP contribution in [0, 0.1) is 11.6 Å². The third-order valence-corrected chi connectivity index (χ3v) is 2.23. The van der Waals surface area contributed by atoms with E-state index in [1.54, 1.807) is 6.92 Å². The summed E-state index contributed by atoms with van der Waals surface area (Å²) >= 11 is 0. The average molecular weight is 215 g/mol.